The normalized spacial score (nSPS) is 15.3. The molecule has 0 bridgehead atoms. The summed E-state index contributed by atoms with van der Waals surface area (Å²) in [7, 11) is 0. The van der Waals surface area contributed by atoms with Crippen molar-refractivity contribution in [2.45, 2.75) is 39.7 Å². The minimum atomic E-state index is -0.476. The van der Waals surface area contributed by atoms with Crippen LogP contribution in [-0.2, 0) is 4.74 Å². The number of nitrogens with zero attached hydrogens (tertiary/aromatic N) is 1. The minimum absolute atomic E-state index is 0.277. The lowest BCUT2D eigenvalue weighted by molar-refractivity contribution is 0.0270. The second kappa shape index (κ2) is 6.34. The molecule has 0 saturated heterocycles. The molecule has 0 saturated carbocycles. The van der Waals surface area contributed by atoms with Crippen molar-refractivity contribution in [3.8, 4) is 0 Å². The summed E-state index contributed by atoms with van der Waals surface area (Å²) in [5, 5.41) is 0. The zero-order valence-electron chi connectivity index (χ0n) is 13.7. The monoisotopic (exact) mass is 301 g/mol. The van der Waals surface area contributed by atoms with E-state index in [9.17, 15) is 9.59 Å². The van der Waals surface area contributed by atoms with Crippen molar-refractivity contribution < 1.29 is 14.3 Å². The first kappa shape index (κ1) is 16.3. The van der Waals surface area contributed by atoms with Crippen molar-refractivity contribution in [1.82, 2.24) is 4.90 Å². The number of carbonyl (C=O) groups excluding carboxylic acids is 2. The number of rotatable bonds is 2. The Balaban J connectivity index is 2.12. The molecule has 0 N–H and O–H groups in total. The van der Waals surface area contributed by atoms with E-state index in [0.717, 1.165) is 23.8 Å². The zero-order chi connectivity index (χ0) is 16.3. The highest BCUT2D eigenvalue weighted by atomic mass is 16.6. The van der Waals surface area contributed by atoms with Gasteiger partial charge in [0.05, 0.1) is 0 Å². The Kier molecular flexibility index (Phi) is 4.69. The topological polar surface area (TPSA) is 46.6 Å². The molecule has 1 aliphatic heterocycles. The molecule has 1 aromatic carbocycles. The summed E-state index contributed by atoms with van der Waals surface area (Å²) >= 11 is 0. The Morgan fingerprint density at radius 3 is 2.59 bits per heavy atom. The first-order valence-electron chi connectivity index (χ1n) is 7.53. The van der Waals surface area contributed by atoms with Crippen LogP contribution in [0.15, 0.2) is 24.3 Å². The highest BCUT2D eigenvalue weighted by Crippen LogP contribution is 2.26. The van der Waals surface area contributed by atoms with Crippen LogP contribution in [0.4, 0.5) is 4.79 Å². The fraction of sp³-hybridized carbons (Fsp3) is 0.444. The van der Waals surface area contributed by atoms with E-state index in [1.807, 2.05) is 52.0 Å². The molecular formula is C18H23NO3. The molecule has 0 fully saturated rings. The van der Waals surface area contributed by atoms with Crippen LogP contribution in [0.2, 0.25) is 0 Å². The number of hydrogen-bond acceptors (Lipinski definition) is 3. The summed E-state index contributed by atoms with van der Waals surface area (Å²) in [6.07, 6.45) is 3.40. The Labute approximate surface area is 131 Å². The number of ether oxygens (including phenoxy) is 1. The van der Waals surface area contributed by atoms with Crippen molar-refractivity contribution in [3.05, 3.63) is 41.0 Å². The minimum Gasteiger partial charge on any atom is -0.444 e. The molecule has 4 nitrogen and oxygen atoms in total. The van der Waals surface area contributed by atoms with E-state index in [-0.39, 0.29) is 6.09 Å². The van der Waals surface area contributed by atoms with Gasteiger partial charge in [-0.05, 0) is 56.9 Å². The van der Waals surface area contributed by atoms with Gasteiger partial charge in [-0.3, -0.25) is 4.79 Å². The molecule has 0 aliphatic carbocycles. The maximum atomic E-state index is 12.1. The molecule has 2 rings (SSSR count). The van der Waals surface area contributed by atoms with Gasteiger partial charge in [-0.15, -0.1) is 0 Å². The van der Waals surface area contributed by atoms with Crippen molar-refractivity contribution in [3.63, 3.8) is 0 Å². The number of benzene rings is 1. The van der Waals surface area contributed by atoms with Gasteiger partial charge in [0.2, 0.25) is 0 Å². The Hall–Kier alpha value is -2.10. The van der Waals surface area contributed by atoms with Crippen LogP contribution in [0.25, 0.3) is 5.57 Å². The molecule has 118 valence electrons. The van der Waals surface area contributed by atoms with Gasteiger partial charge in [0, 0.05) is 18.7 Å². The average molecular weight is 301 g/mol. The van der Waals surface area contributed by atoms with E-state index in [1.54, 1.807) is 4.90 Å². The summed E-state index contributed by atoms with van der Waals surface area (Å²) in [5.41, 5.74) is 3.61. The van der Waals surface area contributed by atoms with E-state index in [1.165, 1.54) is 5.57 Å². The lowest BCUT2D eigenvalue weighted by atomic mass is 9.94. The molecule has 22 heavy (non-hydrogen) atoms. The quantitative estimate of drug-likeness (QED) is 0.780. The van der Waals surface area contributed by atoms with Crippen LogP contribution < -0.4 is 0 Å². The third-order valence-corrected chi connectivity index (χ3v) is 3.60. The van der Waals surface area contributed by atoms with E-state index in [4.69, 9.17) is 4.74 Å². The summed E-state index contributed by atoms with van der Waals surface area (Å²) in [4.78, 5) is 24.7. The number of aryl methyl sites for hydroxylation is 1. The second-order valence-electron chi connectivity index (χ2n) is 6.60. The fourth-order valence-electron chi connectivity index (χ4n) is 2.46. The van der Waals surface area contributed by atoms with Gasteiger partial charge in [-0.2, -0.15) is 0 Å². The van der Waals surface area contributed by atoms with Gasteiger partial charge in [0.25, 0.3) is 0 Å². The molecule has 1 amide bonds. The molecule has 0 unspecified atom stereocenters. The van der Waals surface area contributed by atoms with Crippen LogP contribution in [0, 0.1) is 6.92 Å². The predicted molar refractivity (Wildman–Crippen MR) is 87.0 cm³/mol. The van der Waals surface area contributed by atoms with Gasteiger partial charge in [0.15, 0.2) is 0 Å². The smallest absolute Gasteiger partial charge is 0.410 e. The van der Waals surface area contributed by atoms with Crippen LogP contribution >= 0.6 is 0 Å². The number of hydrogen-bond donors (Lipinski definition) is 0. The fourth-order valence-corrected chi connectivity index (χ4v) is 2.46. The molecule has 4 heteroatoms. The SMILES string of the molecule is Cc1ccc(C=O)cc1C1=CCN(C(=O)OC(C)(C)C)CC1. The third-order valence-electron chi connectivity index (χ3n) is 3.60. The van der Waals surface area contributed by atoms with Crippen molar-refractivity contribution in [2.24, 2.45) is 0 Å². The summed E-state index contributed by atoms with van der Waals surface area (Å²) < 4.78 is 5.39. The van der Waals surface area contributed by atoms with Gasteiger partial charge in [-0.1, -0.05) is 18.2 Å². The molecule has 0 radical (unpaired) electrons. The summed E-state index contributed by atoms with van der Waals surface area (Å²) in [5.74, 6) is 0. The maximum Gasteiger partial charge on any atom is 0.410 e. The number of carbonyl (C=O) groups is 2. The number of amides is 1. The molecule has 0 spiro atoms. The molecule has 1 aliphatic rings. The van der Waals surface area contributed by atoms with Crippen LogP contribution in [0.5, 0.6) is 0 Å². The van der Waals surface area contributed by atoms with Gasteiger partial charge >= 0.3 is 6.09 Å². The lowest BCUT2D eigenvalue weighted by Crippen LogP contribution is -2.39. The predicted octanol–water partition coefficient (Wildman–Crippen LogP) is 3.83. The van der Waals surface area contributed by atoms with Gasteiger partial charge in [0.1, 0.15) is 11.9 Å². The van der Waals surface area contributed by atoms with E-state index >= 15 is 0 Å². The Morgan fingerprint density at radius 2 is 2.05 bits per heavy atom. The van der Waals surface area contributed by atoms with Gasteiger partial charge < -0.3 is 9.64 Å². The standard InChI is InChI=1S/C18H23NO3/c1-13-5-6-14(12-20)11-16(13)15-7-9-19(10-8-15)17(21)22-18(2,3)4/h5-7,11-12H,8-10H2,1-4H3. The van der Waals surface area contributed by atoms with E-state index in [2.05, 4.69) is 0 Å². The lowest BCUT2D eigenvalue weighted by Gasteiger charge is -2.30. The Bertz CT molecular complexity index is 611. The average Bonchev–Trinajstić information content (AvgIpc) is 2.46. The van der Waals surface area contributed by atoms with Crippen LogP contribution in [0.1, 0.15) is 48.7 Å². The third kappa shape index (κ3) is 3.97. The summed E-state index contributed by atoms with van der Waals surface area (Å²) in [6, 6.07) is 5.69. The van der Waals surface area contributed by atoms with Crippen molar-refractivity contribution in [1.29, 1.82) is 0 Å². The molecule has 0 atom stereocenters. The van der Waals surface area contributed by atoms with Crippen molar-refractivity contribution >= 4 is 18.0 Å². The highest BCUT2D eigenvalue weighted by molar-refractivity contribution is 5.80. The first-order valence-corrected chi connectivity index (χ1v) is 7.53. The molecule has 0 aromatic heterocycles. The molecule has 1 heterocycles. The highest BCUT2D eigenvalue weighted by Gasteiger charge is 2.24. The zero-order valence-corrected chi connectivity index (χ0v) is 13.7. The van der Waals surface area contributed by atoms with E-state index < -0.39 is 5.60 Å². The van der Waals surface area contributed by atoms with Gasteiger partial charge in [-0.25, -0.2) is 4.79 Å². The maximum absolute atomic E-state index is 12.1. The number of aldehydes is 1. The first-order chi connectivity index (χ1) is 10.3. The second-order valence-corrected chi connectivity index (χ2v) is 6.60. The summed E-state index contributed by atoms with van der Waals surface area (Å²) in [6.45, 7) is 8.80. The van der Waals surface area contributed by atoms with E-state index in [0.29, 0.717) is 18.7 Å². The van der Waals surface area contributed by atoms with Crippen LogP contribution in [-0.4, -0.2) is 36.0 Å². The Morgan fingerprint density at radius 1 is 1.32 bits per heavy atom. The molecular weight excluding hydrogens is 278 g/mol. The molecule has 1 aromatic rings. The largest absolute Gasteiger partial charge is 0.444 e. The van der Waals surface area contributed by atoms with Crippen molar-refractivity contribution in [2.75, 3.05) is 13.1 Å². The van der Waals surface area contributed by atoms with Crippen LogP contribution in [0.3, 0.4) is 0 Å².